The zero-order chi connectivity index (χ0) is 14.5. The van der Waals surface area contributed by atoms with Crippen molar-refractivity contribution in [1.29, 1.82) is 0 Å². The van der Waals surface area contributed by atoms with Gasteiger partial charge in [-0.05, 0) is 37.0 Å². The summed E-state index contributed by atoms with van der Waals surface area (Å²) in [5.74, 6) is 0.500. The van der Waals surface area contributed by atoms with Gasteiger partial charge < -0.3 is 15.0 Å². The molecule has 106 valence electrons. The van der Waals surface area contributed by atoms with Crippen LogP contribution in [0.2, 0.25) is 0 Å². The first-order valence-corrected chi connectivity index (χ1v) is 6.61. The molecule has 0 spiro atoms. The first-order chi connectivity index (χ1) is 9.61. The zero-order valence-electron chi connectivity index (χ0n) is 12.1. The van der Waals surface area contributed by atoms with Gasteiger partial charge in [-0.3, -0.25) is 4.79 Å². The molecule has 0 saturated carbocycles. The van der Waals surface area contributed by atoms with E-state index in [1.54, 1.807) is 7.11 Å². The van der Waals surface area contributed by atoms with Crippen molar-refractivity contribution in [3.63, 3.8) is 0 Å². The van der Waals surface area contributed by atoms with E-state index in [1.807, 2.05) is 55.4 Å². The number of likely N-dealkylation sites (N-methyl/N-ethyl adjacent to an activating group) is 1. The second kappa shape index (κ2) is 6.39. The molecule has 1 amide bonds. The number of ether oxygens (including phenoxy) is 1. The van der Waals surface area contributed by atoms with Gasteiger partial charge in [0, 0.05) is 13.1 Å². The van der Waals surface area contributed by atoms with Crippen LogP contribution >= 0.6 is 0 Å². The van der Waals surface area contributed by atoms with E-state index in [1.165, 1.54) is 0 Å². The van der Waals surface area contributed by atoms with Gasteiger partial charge in [-0.15, -0.1) is 0 Å². The van der Waals surface area contributed by atoms with Crippen molar-refractivity contribution in [3.05, 3.63) is 42.0 Å². The van der Waals surface area contributed by atoms with E-state index < -0.39 is 0 Å². The second-order valence-corrected chi connectivity index (χ2v) is 4.96. The third-order valence-corrected chi connectivity index (χ3v) is 3.16. The lowest BCUT2D eigenvalue weighted by molar-refractivity contribution is 0.0948. The molecular formula is C16H20N2O2. The maximum atomic E-state index is 12.2. The maximum absolute atomic E-state index is 12.2. The number of hydrogen-bond donors (Lipinski definition) is 1. The Labute approximate surface area is 119 Å². The Bertz CT molecular complexity index is 608. The molecule has 0 aromatic heterocycles. The molecule has 0 aliphatic heterocycles. The Kier molecular flexibility index (Phi) is 4.58. The summed E-state index contributed by atoms with van der Waals surface area (Å²) >= 11 is 0. The number of methoxy groups -OCH3 is 1. The predicted octanol–water partition coefficient (Wildman–Crippen LogP) is 2.14. The normalized spacial score (nSPS) is 10.8. The minimum absolute atomic E-state index is 0.102. The van der Waals surface area contributed by atoms with Crippen LogP contribution in [-0.2, 0) is 0 Å². The molecular weight excluding hydrogens is 252 g/mol. The van der Waals surface area contributed by atoms with Crippen LogP contribution in [0.25, 0.3) is 10.8 Å². The van der Waals surface area contributed by atoms with E-state index in [9.17, 15) is 4.79 Å². The molecule has 0 bridgehead atoms. The molecule has 0 atom stereocenters. The lowest BCUT2D eigenvalue weighted by Crippen LogP contribution is -2.31. The summed E-state index contributed by atoms with van der Waals surface area (Å²) in [5, 5.41) is 5.01. The third kappa shape index (κ3) is 3.27. The lowest BCUT2D eigenvalue weighted by Gasteiger charge is -2.13. The number of nitrogens with zero attached hydrogens (tertiary/aromatic N) is 1. The molecule has 2 aromatic rings. The summed E-state index contributed by atoms with van der Waals surface area (Å²) in [6.45, 7) is 1.42. The van der Waals surface area contributed by atoms with E-state index in [0.717, 1.165) is 17.3 Å². The molecule has 4 heteroatoms. The number of amides is 1. The number of hydrogen-bond acceptors (Lipinski definition) is 3. The van der Waals surface area contributed by atoms with Gasteiger partial charge in [-0.2, -0.15) is 0 Å². The van der Waals surface area contributed by atoms with Crippen LogP contribution in [0.4, 0.5) is 0 Å². The molecule has 0 fully saturated rings. The average Bonchev–Trinajstić information content (AvgIpc) is 2.45. The van der Waals surface area contributed by atoms with Crippen LogP contribution in [0.5, 0.6) is 5.75 Å². The van der Waals surface area contributed by atoms with Crippen LogP contribution in [-0.4, -0.2) is 45.1 Å². The summed E-state index contributed by atoms with van der Waals surface area (Å²) in [6.07, 6.45) is 0. The summed E-state index contributed by atoms with van der Waals surface area (Å²) in [7, 11) is 5.53. The topological polar surface area (TPSA) is 41.6 Å². The van der Waals surface area contributed by atoms with E-state index in [4.69, 9.17) is 4.74 Å². The minimum Gasteiger partial charge on any atom is -0.496 e. The molecule has 0 heterocycles. The zero-order valence-corrected chi connectivity index (χ0v) is 12.1. The SMILES string of the molecule is COc1cc2ccccc2cc1C(=O)NCCN(C)C. The van der Waals surface area contributed by atoms with Crippen LogP contribution in [0.3, 0.4) is 0 Å². The fraction of sp³-hybridized carbons (Fsp3) is 0.312. The molecule has 0 aliphatic rings. The van der Waals surface area contributed by atoms with Gasteiger partial charge in [0.05, 0.1) is 12.7 Å². The molecule has 0 unspecified atom stereocenters. The molecule has 2 aromatic carbocycles. The fourth-order valence-electron chi connectivity index (χ4n) is 2.05. The van der Waals surface area contributed by atoms with Gasteiger partial charge in [0.15, 0.2) is 0 Å². The molecule has 0 aliphatic carbocycles. The second-order valence-electron chi connectivity index (χ2n) is 4.96. The van der Waals surface area contributed by atoms with E-state index >= 15 is 0 Å². The van der Waals surface area contributed by atoms with Gasteiger partial charge in [0.1, 0.15) is 5.75 Å². The molecule has 4 nitrogen and oxygen atoms in total. The lowest BCUT2D eigenvalue weighted by atomic mass is 10.1. The van der Waals surface area contributed by atoms with Gasteiger partial charge in [-0.25, -0.2) is 0 Å². The number of fused-ring (bicyclic) bond motifs is 1. The smallest absolute Gasteiger partial charge is 0.255 e. The van der Waals surface area contributed by atoms with Crippen LogP contribution in [0.1, 0.15) is 10.4 Å². The number of nitrogens with one attached hydrogen (secondary N) is 1. The van der Waals surface area contributed by atoms with Crippen molar-refractivity contribution in [2.45, 2.75) is 0 Å². The Hall–Kier alpha value is -2.07. The Balaban J connectivity index is 2.25. The van der Waals surface area contributed by atoms with Crippen LogP contribution in [0.15, 0.2) is 36.4 Å². The Morgan fingerprint density at radius 1 is 1.20 bits per heavy atom. The molecule has 20 heavy (non-hydrogen) atoms. The quantitative estimate of drug-likeness (QED) is 0.906. The first-order valence-electron chi connectivity index (χ1n) is 6.61. The highest BCUT2D eigenvalue weighted by atomic mass is 16.5. The highest BCUT2D eigenvalue weighted by molar-refractivity contribution is 6.01. The number of carbonyl (C=O) groups excluding carboxylic acids is 1. The summed E-state index contributed by atoms with van der Waals surface area (Å²) in [4.78, 5) is 14.3. The van der Waals surface area contributed by atoms with Gasteiger partial charge >= 0.3 is 0 Å². The predicted molar refractivity (Wildman–Crippen MR) is 81.4 cm³/mol. The third-order valence-electron chi connectivity index (χ3n) is 3.16. The Morgan fingerprint density at radius 2 is 1.85 bits per heavy atom. The summed E-state index contributed by atoms with van der Waals surface area (Å²) in [6, 6.07) is 11.7. The molecule has 0 radical (unpaired) electrons. The molecule has 0 saturated heterocycles. The van der Waals surface area contributed by atoms with E-state index in [2.05, 4.69) is 5.32 Å². The van der Waals surface area contributed by atoms with Crippen molar-refractivity contribution < 1.29 is 9.53 Å². The highest BCUT2D eigenvalue weighted by Gasteiger charge is 2.13. The van der Waals surface area contributed by atoms with Crippen LogP contribution < -0.4 is 10.1 Å². The van der Waals surface area contributed by atoms with Crippen molar-refractivity contribution >= 4 is 16.7 Å². The molecule has 1 N–H and O–H groups in total. The first kappa shape index (κ1) is 14.3. The number of benzene rings is 2. The molecule has 2 rings (SSSR count). The average molecular weight is 272 g/mol. The van der Waals surface area contributed by atoms with Crippen molar-refractivity contribution in [2.75, 3.05) is 34.3 Å². The summed E-state index contributed by atoms with van der Waals surface area (Å²) in [5.41, 5.74) is 0.574. The standard InChI is InChI=1S/C16H20N2O2/c1-18(2)9-8-17-16(19)14-10-12-6-4-5-7-13(12)11-15(14)20-3/h4-7,10-11H,8-9H2,1-3H3,(H,17,19). The monoisotopic (exact) mass is 272 g/mol. The highest BCUT2D eigenvalue weighted by Crippen LogP contribution is 2.25. The summed E-state index contributed by atoms with van der Waals surface area (Å²) < 4.78 is 5.33. The van der Waals surface area contributed by atoms with Gasteiger partial charge in [-0.1, -0.05) is 24.3 Å². The Morgan fingerprint density at radius 3 is 2.45 bits per heavy atom. The fourth-order valence-corrected chi connectivity index (χ4v) is 2.05. The number of rotatable bonds is 5. The van der Waals surface area contributed by atoms with Crippen molar-refractivity contribution in [1.82, 2.24) is 10.2 Å². The van der Waals surface area contributed by atoms with E-state index in [-0.39, 0.29) is 5.91 Å². The minimum atomic E-state index is -0.102. The number of carbonyl (C=O) groups is 1. The van der Waals surface area contributed by atoms with Gasteiger partial charge in [0.25, 0.3) is 5.91 Å². The van der Waals surface area contributed by atoms with Gasteiger partial charge in [0.2, 0.25) is 0 Å². The van der Waals surface area contributed by atoms with E-state index in [0.29, 0.717) is 17.9 Å². The maximum Gasteiger partial charge on any atom is 0.255 e. The largest absolute Gasteiger partial charge is 0.496 e. The van der Waals surface area contributed by atoms with Crippen LogP contribution in [0, 0.1) is 0 Å². The van der Waals surface area contributed by atoms with Crippen molar-refractivity contribution in [2.24, 2.45) is 0 Å². The van der Waals surface area contributed by atoms with Crippen molar-refractivity contribution in [3.8, 4) is 5.75 Å².